The van der Waals surface area contributed by atoms with Crippen molar-refractivity contribution in [3.63, 3.8) is 0 Å². The molecule has 3 rings (SSSR count). The lowest BCUT2D eigenvalue weighted by molar-refractivity contribution is 0.0515. The van der Waals surface area contributed by atoms with Crippen LogP contribution in [0.25, 0.3) is 17.0 Å². The van der Waals surface area contributed by atoms with Crippen molar-refractivity contribution in [3.05, 3.63) is 30.0 Å². The number of rotatable bonds is 3. The molecule has 110 valence electrons. The van der Waals surface area contributed by atoms with Gasteiger partial charge in [-0.3, -0.25) is 9.08 Å². The first-order valence-electron chi connectivity index (χ1n) is 6.73. The lowest BCUT2D eigenvalue weighted by Gasteiger charge is -2.01. The van der Waals surface area contributed by atoms with Crippen LogP contribution in [0.2, 0.25) is 0 Å². The molecule has 7 heteroatoms. The van der Waals surface area contributed by atoms with E-state index >= 15 is 0 Å². The van der Waals surface area contributed by atoms with Crippen LogP contribution in [-0.4, -0.2) is 36.3 Å². The highest BCUT2D eigenvalue weighted by Gasteiger charge is 2.18. The molecule has 0 N–H and O–H groups in total. The Kier molecular flexibility index (Phi) is 3.04. The van der Waals surface area contributed by atoms with E-state index in [1.807, 2.05) is 30.8 Å². The van der Waals surface area contributed by atoms with Gasteiger partial charge < -0.3 is 9.30 Å². The lowest BCUT2D eigenvalue weighted by atomic mass is 10.2. The monoisotopic (exact) mass is 287 g/mol. The van der Waals surface area contributed by atoms with Crippen LogP contribution in [-0.2, 0) is 18.8 Å². The van der Waals surface area contributed by atoms with E-state index in [4.69, 9.17) is 4.74 Å². The summed E-state index contributed by atoms with van der Waals surface area (Å²) >= 11 is 0. The molecule has 3 aromatic heterocycles. The van der Waals surface area contributed by atoms with Gasteiger partial charge >= 0.3 is 5.97 Å². The fourth-order valence-electron chi connectivity index (χ4n) is 2.43. The summed E-state index contributed by atoms with van der Waals surface area (Å²) in [6.45, 7) is 4.09. The summed E-state index contributed by atoms with van der Waals surface area (Å²) in [5, 5.41) is 4.32. The highest BCUT2D eigenvalue weighted by molar-refractivity contribution is 5.88. The van der Waals surface area contributed by atoms with Gasteiger partial charge in [-0.15, -0.1) is 0 Å². The fourth-order valence-corrected chi connectivity index (χ4v) is 2.43. The van der Waals surface area contributed by atoms with Crippen molar-refractivity contribution in [1.29, 1.82) is 0 Å². The molecule has 0 atom stereocenters. The number of imidazole rings is 2. The SMILES string of the molecule is CCOC(=O)c1cn2cc(-c3cn(C)nc3C)nc2n1C. The van der Waals surface area contributed by atoms with Crippen molar-refractivity contribution in [1.82, 2.24) is 23.7 Å². The summed E-state index contributed by atoms with van der Waals surface area (Å²) in [5.41, 5.74) is 3.22. The molecule has 0 saturated carbocycles. The molecule has 0 radical (unpaired) electrons. The first-order valence-corrected chi connectivity index (χ1v) is 6.73. The molecular weight excluding hydrogens is 270 g/mol. The normalized spacial score (nSPS) is 11.2. The van der Waals surface area contributed by atoms with Gasteiger partial charge in [-0.1, -0.05) is 0 Å². The summed E-state index contributed by atoms with van der Waals surface area (Å²) in [4.78, 5) is 16.4. The second-order valence-corrected chi connectivity index (χ2v) is 4.93. The zero-order chi connectivity index (χ0) is 15.1. The van der Waals surface area contributed by atoms with Gasteiger partial charge in [0.05, 0.1) is 18.0 Å². The smallest absolute Gasteiger partial charge is 0.356 e. The molecule has 0 aliphatic carbocycles. The number of carbonyl (C=O) groups excluding carboxylic acids is 1. The quantitative estimate of drug-likeness (QED) is 0.686. The van der Waals surface area contributed by atoms with Crippen LogP contribution in [0.1, 0.15) is 23.1 Å². The van der Waals surface area contributed by atoms with Crippen molar-refractivity contribution in [2.75, 3.05) is 6.61 Å². The van der Waals surface area contributed by atoms with Crippen LogP contribution >= 0.6 is 0 Å². The Morgan fingerprint density at radius 2 is 2.05 bits per heavy atom. The molecule has 21 heavy (non-hydrogen) atoms. The minimum Gasteiger partial charge on any atom is -0.461 e. The number of nitrogens with zero attached hydrogens (tertiary/aromatic N) is 5. The number of aryl methyl sites for hydroxylation is 3. The van der Waals surface area contributed by atoms with Crippen molar-refractivity contribution < 1.29 is 9.53 Å². The standard InChI is InChI=1S/C14H17N5O2/c1-5-21-13(20)12-8-19-7-11(15-14(19)18(12)4)10-6-17(3)16-9(10)2/h6-8H,5H2,1-4H3. The van der Waals surface area contributed by atoms with Crippen LogP contribution < -0.4 is 0 Å². The Morgan fingerprint density at radius 1 is 1.29 bits per heavy atom. The molecule has 3 heterocycles. The third-order valence-electron chi connectivity index (χ3n) is 3.41. The summed E-state index contributed by atoms with van der Waals surface area (Å²) in [6.07, 6.45) is 5.56. The Bertz CT molecular complexity index is 824. The van der Waals surface area contributed by atoms with E-state index < -0.39 is 0 Å². The number of hydrogen-bond donors (Lipinski definition) is 0. The first kappa shape index (κ1) is 13.4. The second kappa shape index (κ2) is 4.76. The van der Waals surface area contributed by atoms with Crippen LogP contribution in [0.5, 0.6) is 0 Å². The number of ether oxygens (including phenoxy) is 1. The van der Waals surface area contributed by atoms with Gasteiger partial charge in [0.25, 0.3) is 0 Å². The molecule has 0 aliphatic heterocycles. The van der Waals surface area contributed by atoms with E-state index in [2.05, 4.69) is 10.1 Å². The van der Waals surface area contributed by atoms with Gasteiger partial charge in [0.1, 0.15) is 5.69 Å². The maximum atomic E-state index is 11.8. The highest BCUT2D eigenvalue weighted by atomic mass is 16.5. The molecule has 0 bridgehead atoms. The largest absolute Gasteiger partial charge is 0.461 e. The predicted molar refractivity (Wildman–Crippen MR) is 77.1 cm³/mol. The zero-order valence-electron chi connectivity index (χ0n) is 12.5. The third-order valence-corrected chi connectivity index (χ3v) is 3.41. The highest BCUT2D eigenvalue weighted by Crippen LogP contribution is 2.23. The molecule has 0 aliphatic rings. The van der Waals surface area contributed by atoms with Crippen LogP contribution in [0, 0.1) is 6.92 Å². The van der Waals surface area contributed by atoms with E-state index in [0.717, 1.165) is 17.0 Å². The zero-order valence-corrected chi connectivity index (χ0v) is 12.5. The average Bonchev–Trinajstić information content (AvgIpc) is 3.05. The second-order valence-electron chi connectivity index (χ2n) is 4.93. The summed E-state index contributed by atoms with van der Waals surface area (Å²) < 4.78 is 10.4. The Morgan fingerprint density at radius 3 is 2.62 bits per heavy atom. The minimum absolute atomic E-state index is 0.343. The lowest BCUT2D eigenvalue weighted by Crippen LogP contribution is -2.09. The van der Waals surface area contributed by atoms with Crippen LogP contribution in [0.15, 0.2) is 18.6 Å². The van der Waals surface area contributed by atoms with E-state index in [-0.39, 0.29) is 5.97 Å². The molecule has 0 saturated heterocycles. The van der Waals surface area contributed by atoms with Gasteiger partial charge in [-0.25, -0.2) is 9.78 Å². The van der Waals surface area contributed by atoms with Crippen LogP contribution in [0.3, 0.4) is 0 Å². The molecule has 3 aromatic rings. The van der Waals surface area contributed by atoms with E-state index in [0.29, 0.717) is 18.1 Å². The van der Waals surface area contributed by atoms with Gasteiger partial charge in [0.2, 0.25) is 5.78 Å². The van der Waals surface area contributed by atoms with E-state index in [9.17, 15) is 4.79 Å². The average molecular weight is 287 g/mol. The summed E-state index contributed by atoms with van der Waals surface area (Å²) in [6, 6.07) is 0. The first-order chi connectivity index (χ1) is 10.0. The van der Waals surface area contributed by atoms with Crippen molar-refractivity contribution in [2.45, 2.75) is 13.8 Å². The molecular formula is C14H17N5O2. The predicted octanol–water partition coefficient (Wildman–Crippen LogP) is 1.56. The van der Waals surface area contributed by atoms with Gasteiger partial charge in [0, 0.05) is 38.2 Å². The molecule has 0 unspecified atom stereocenters. The van der Waals surface area contributed by atoms with E-state index in [1.165, 1.54) is 0 Å². The number of aromatic nitrogens is 5. The topological polar surface area (TPSA) is 66.3 Å². The van der Waals surface area contributed by atoms with Gasteiger partial charge in [-0.05, 0) is 13.8 Å². The summed E-state index contributed by atoms with van der Waals surface area (Å²) in [5.74, 6) is 0.348. The fraction of sp³-hybridized carbons (Fsp3) is 0.357. The molecule has 0 amide bonds. The number of hydrogen-bond acceptors (Lipinski definition) is 4. The van der Waals surface area contributed by atoms with Crippen molar-refractivity contribution in [3.8, 4) is 11.3 Å². The van der Waals surface area contributed by atoms with Crippen molar-refractivity contribution in [2.24, 2.45) is 14.1 Å². The van der Waals surface area contributed by atoms with Gasteiger partial charge in [0.15, 0.2) is 0 Å². The third kappa shape index (κ3) is 2.10. The molecule has 0 fully saturated rings. The van der Waals surface area contributed by atoms with Crippen molar-refractivity contribution >= 4 is 11.7 Å². The number of carbonyl (C=O) groups is 1. The minimum atomic E-state index is -0.343. The maximum absolute atomic E-state index is 11.8. The van der Waals surface area contributed by atoms with Gasteiger partial charge in [-0.2, -0.15) is 5.10 Å². The Balaban J connectivity index is 2.07. The van der Waals surface area contributed by atoms with E-state index in [1.54, 1.807) is 29.4 Å². The molecule has 0 aromatic carbocycles. The number of fused-ring (bicyclic) bond motifs is 1. The Labute approximate surface area is 121 Å². The molecule has 7 nitrogen and oxygen atoms in total. The summed E-state index contributed by atoms with van der Waals surface area (Å²) in [7, 11) is 3.68. The van der Waals surface area contributed by atoms with Crippen LogP contribution in [0.4, 0.5) is 0 Å². The number of esters is 1. The molecule has 0 spiro atoms. The Hall–Kier alpha value is -2.57. The maximum Gasteiger partial charge on any atom is 0.356 e.